The second kappa shape index (κ2) is 4.45. The van der Waals surface area contributed by atoms with Crippen LogP contribution >= 0.6 is 0 Å². The SMILES string of the molecule is CCC(=O)NCCC(C)N1CC1. The van der Waals surface area contributed by atoms with Crippen molar-refractivity contribution >= 4 is 5.91 Å². The van der Waals surface area contributed by atoms with Crippen molar-refractivity contribution in [3.8, 4) is 0 Å². The summed E-state index contributed by atoms with van der Waals surface area (Å²) in [6.45, 7) is 7.39. The average Bonchev–Trinajstić information content (AvgIpc) is 2.86. The molecule has 1 rings (SSSR count). The fraction of sp³-hybridized carbons (Fsp3) is 0.889. The van der Waals surface area contributed by atoms with Gasteiger partial charge in [0, 0.05) is 32.1 Å². The lowest BCUT2D eigenvalue weighted by Crippen LogP contribution is -2.27. The van der Waals surface area contributed by atoms with E-state index in [9.17, 15) is 4.79 Å². The van der Waals surface area contributed by atoms with E-state index in [0.29, 0.717) is 12.5 Å². The predicted octanol–water partition coefficient (Wildman–Crippen LogP) is 0.607. The van der Waals surface area contributed by atoms with Crippen LogP contribution in [-0.2, 0) is 4.79 Å². The van der Waals surface area contributed by atoms with Crippen LogP contribution in [0.3, 0.4) is 0 Å². The molecule has 1 amide bonds. The molecule has 12 heavy (non-hydrogen) atoms. The van der Waals surface area contributed by atoms with E-state index in [2.05, 4.69) is 17.1 Å². The van der Waals surface area contributed by atoms with Crippen LogP contribution in [0.5, 0.6) is 0 Å². The Morgan fingerprint density at radius 1 is 1.58 bits per heavy atom. The highest BCUT2D eigenvalue weighted by Gasteiger charge is 2.22. The number of nitrogens with one attached hydrogen (secondary N) is 1. The molecule has 70 valence electrons. The van der Waals surface area contributed by atoms with Crippen molar-refractivity contribution in [1.82, 2.24) is 10.2 Å². The van der Waals surface area contributed by atoms with E-state index >= 15 is 0 Å². The van der Waals surface area contributed by atoms with Crippen LogP contribution in [0.25, 0.3) is 0 Å². The highest BCUT2D eigenvalue weighted by Crippen LogP contribution is 2.11. The lowest BCUT2D eigenvalue weighted by Gasteiger charge is -2.11. The van der Waals surface area contributed by atoms with Gasteiger partial charge in [-0.2, -0.15) is 0 Å². The molecule has 0 spiro atoms. The average molecular weight is 170 g/mol. The summed E-state index contributed by atoms with van der Waals surface area (Å²) in [6, 6.07) is 0.641. The second-order valence-corrected chi connectivity index (χ2v) is 3.38. The first-order valence-electron chi connectivity index (χ1n) is 4.74. The summed E-state index contributed by atoms with van der Waals surface area (Å²) in [4.78, 5) is 13.3. The highest BCUT2D eigenvalue weighted by atomic mass is 16.1. The number of hydrogen-bond donors (Lipinski definition) is 1. The highest BCUT2D eigenvalue weighted by molar-refractivity contribution is 5.75. The number of rotatable bonds is 5. The van der Waals surface area contributed by atoms with Crippen molar-refractivity contribution in [2.75, 3.05) is 19.6 Å². The summed E-state index contributed by atoms with van der Waals surface area (Å²) in [5.74, 6) is 0.160. The summed E-state index contributed by atoms with van der Waals surface area (Å²) in [7, 11) is 0. The molecule has 1 saturated heterocycles. The van der Waals surface area contributed by atoms with Crippen LogP contribution in [0.4, 0.5) is 0 Å². The quantitative estimate of drug-likeness (QED) is 0.613. The third-order valence-electron chi connectivity index (χ3n) is 2.31. The maximum Gasteiger partial charge on any atom is 0.219 e. The molecule has 3 nitrogen and oxygen atoms in total. The van der Waals surface area contributed by atoms with Gasteiger partial charge in [-0.3, -0.25) is 9.69 Å². The van der Waals surface area contributed by atoms with Gasteiger partial charge in [0.2, 0.25) is 5.91 Å². The van der Waals surface area contributed by atoms with E-state index in [4.69, 9.17) is 0 Å². The lowest BCUT2D eigenvalue weighted by molar-refractivity contribution is -0.120. The molecule has 1 aliphatic heterocycles. The molecule has 3 heteroatoms. The van der Waals surface area contributed by atoms with E-state index in [-0.39, 0.29) is 5.91 Å². The molecule has 1 aliphatic rings. The van der Waals surface area contributed by atoms with Crippen LogP contribution in [0.1, 0.15) is 26.7 Å². The van der Waals surface area contributed by atoms with Crippen LogP contribution in [0.2, 0.25) is 0 Å². The van der Waals surface area contributed by atoms with Gasteiger partial charge < -0.3 is 5.32 Å². The topological polar surface area (TPSA) is 32.1 Å². The monoisotopic (exact) mass is 170 g/mol. The molecule has 0 aromatic rings. The molecule has 1 N–H and O–H groups in total. The Morgan fingerprint density at radius 3 is 2.75 bits per heavy atom. The second-order valence-electron chi connectivity index (χ2n) is 3.38. The molecule has 0 saturated carbocycles. The zero-order valence-corrected chi connectivity index (χ0v) is 7.97. The van der Waals surface area contributed by atoms with Crippen LogP contribution < -0.4 is 5.32 Å². The van der Waals surface area contributed by atoms with Crippen molar-refractivity contribution in [1.29, 1.82) is 0 Å². The zero-order chi connectivity index (χ0) is 8.97. The molecule has 1 atom stereocenters. The molecule has 1 fully saturated rings. The lowest BCUT2D eigenvalue weighted by atomic mass is 10.2. The Bertz CT molecular complexity index is 155. The van der Waals surface area contributed by atoms with Gasteiger partial charge in [-0.25, -0.2) is 0 Å². The summed E-state index contributed by atoms with van der Waals surface area (Å²) < 4.78 is 0. The normalized spacial score (nSPS) is 18.8. The first kappa shape index (κ1) is 9.52. The summed E-state index contributed by atoms with van der Waals surface area (Å²) in [5, 5.41) is 2.88. The van der Waals surface area contributed by atoms with Crippen LogP contribution in [-0.4, -0.2) is 36.5 Å². The molecule has 0 radical (unpaired) electrons. The molecular weight excluding hydrogens is 152 g/mol. The molecule has 1 heterocycles. The third kappa shape index (κ3) is 3.22. The molecule has 0 aromatic heterocycles. The standard InChI is InChI=1S/C9H18N2O/c1-3-9(12)10-5-4-8(2)11-6-7-11/h8H,3-7H2,1-2H3,(H,10,12). The van der Waals surface area contributed by atoms with Crippen molar-refractivity contribution < 1.29 is 4.79 Å². The number of carbonyl (C=O) groups excluding carboxylic acids is 1. The minimum absolute atomic E-state index is 0.160. The zero-order valence-electron chi connectivity index (χ0n) is 7.97. The maximum atomic E-state index is 10.9. The van der Waals surface area contributed by atoms with Gasteiger partial charge in [-0.15, -0.1) is 0 Å². The Labute approximate surface area is 74.1 Å². The van der Waals surface area contributed by atoms with Crippen LogP contribution in [0.15, 0.2) is 0 Å². The van der Waals surface area contributed by atoms with Gasteiger partial charge in [0.05, 0.1) is 0 Å². The molecular formula is C9H18N2O. The maximum absolute atomic E-state index is 10.9. The number of hydrogen-bond acceptors (Lipinski definition) is 2. The number of carbonyl (C=O) groups is 1. The Morgan fingerprint density at radius 2 is 2.25 bits per heavy atom. The van der Waals surface area contributed by atoms with Crippen LogP contribution in [0, 0.1) is 0 Å². The fourth-order valence-corrected chi connectivity index (χ4v) is 1.23. The smallest absolute Gasteiger partial charge is 0.219 e. The van der Waals surface area contributed by atoms with Crippen molar-refractivity contribution in [2.45, 2.75) is 32.7 Å². The number of amides is 1. The van der Waals surface area contributed by atoms with Gasteiger partial charge in [0.1, 0.15) is 0 Å². The van der Waals surface area contributed by atoms with Gasteiger partial charge in [0.15, 0.2) is 0 Å². The molecule has 0 bridgehead atoms. The summed E-state index contributed by atoms with van der Waals surface area (Å²) >= 11 is 0. The van der Waals surface area contributed by atoms with E-state index < -0.39 is 0 Å². The van der Waals surface area contributed by atoms with E-state index in [1.165, 1.54) is 13.1 Å². The van der Waals surface area contributed by atoms with Gasteiger partial charge in [0.25, 0.3) is 0 Å². The van der Waals surface area contributed by atoms with Crippen molar-refractivity contribution in [3.05, 3.63) is 0 Å². The Balaban J connectivity index is 1.97. The Kier molecular flexibility index (Phi) is 3.53. The summed E-state index contributed by atoms with van der Waals surface area (Å²) in [5.41, 5.74) is 0. The third-order valence-corrected chi connectivity index (χ3v) is 2.31. The number of nitrogens with zero attached hydrogens (tertiary/aromatic N) is 1. The van der Waals surface area contributed by atoms with E-state index in [0.717, 1.165) is 13.0 Å². The predicted molar refractivity (Wildman–Crippen MR) is 49.0 cm³/mol. The Hall–Kier alpha value is -0.570. The molecule has 0 aliphatic carbocycles. The van der Waals surface area contributed by atoms with Crippen molar-refractivity contribution in [2.24, 2.45) is 0 Å². The largest absolute Gasteiger partial charge is 0.356 e. The molecule has 1 unspecified atom stereocenters. The van der Waals surface area contributed by atoms with Gasteiger partial charge in [-0.05, 0) is 13.3 Å². The minimum atomic E-state index is 0.160. The van der Waals surface area contributed by atoms with E-state index in [1.807, 2.05) is 6.92 Å². The fourth-order valence-electron chi connectivity index (χ4n) is 1.23. The van der Waals surface area contributed by atoms with Crippen molar-refractivity contribution in [3.63, 3.8) is 0 Å². The molecule has 0 aromatic carbocycles. The minimum Gasteiger partial charge on any atom is -0.356 e. The van der Waals surface area contributed by atoms with Gasteiger partial charge >= 0.3 is 0 Å². The summed E-state index contributed by atoms with van der Waals surface area (Å²) in [6.07, 6.45) is 1.67. The van der Waals surface area contributed by atoms with Gasteiger partial charge in [-0.1, -0.05) is 6.92 Å². The first-order valence-corrected chi connectivity index (χ1v) is 4.74. The van der Waals surface area contributed by atoms with E-state index in [1.54, 1.807) is 0 Å². The first-order chi connectivity index (χ1) is 5.74.